The molecule has 3 aromatic carbocycles. The molecule has 0 aliphatic carbocycles. The first-order valence-corrected chi connectivity index (χ1v) is 20.6. The standard InChI is InChI=1S/C41H56N4O9S/c1-31-5-12-36(13-6-31)55(47,48)45-27-35(26-42-41(46)44-16-20-51-21-17-44)40(34-10-7-32(8-11-34)29-52-24-23-50-3)39(28-45)54-30-33-9-14-38-37(25-33)43(18-22-53-38)15-4-19-49-2/h5-14,25,35,39-40H,4,15-24,26-30H2,1-3H3,(H,42,46)/t35-,39+,40+/m1/s1. The number of rotatable bonds is 17. The number of fused-ring (bicyclic) bond motifs is 1. The van der Waals surface area contributed by atoms with Gasteiger partial charge in [0, 0.05) is 66.0 Å². The Morgan fingerprint density at radius 2 is 1.60 bits per heavy atom. The van der Waals surface area contributed by atoms with Crippen LogP contribution < -0.4 is 15.0 Å². The van der Waals surface area contributed by atoms with Crippen molar-refractivity contribution < 1.29 is 41.6 Å². The number of sulfonamides is 1. The van der Waals surface area contributed by atoms with Crippen LogP contribution in [0.15, 0.2) is 71.6 Å². The van der Waals surface area contributed by atoms with Crippen LogP contribution in [0.3, 0.4) is 0 Å². The van der Waals surface area contributed by atoms with Crippen LogP contribution in [0.25, 0.3) is 0 Å². The number of nitrogens with one attached hydrogen (secondary N) is 1. The lowest BCUT2D eigenvalue weighted by atomic mass is 9.78. The van der Waals surface area contributed by atoms with E-state index in [1.54, 1.807) is 31.3 Å². The zero-order valence-corrected chi connectivity index (χ0v) is 33.1. The van der Waals surface area contributed by atoms with Gasteiger partial charge in [-0.15, -0.1) is 0 Å². The molecule has 6 rings (SSSR count). The van der Waals surface area contributed by atoms with Crippen LogP contribution in [0.5, 0.6) is 5.75 Å². The molecule has 2 saturated heterocycles. The maximum absolute atomic E-state index is 14.3. The summed E-state index contributed by atoms with van der Waals surface area (Å²) in [6.45, 7) is 9.15. The first kappa shape index (κ1) is 40.9. The molecule has 3 aromatic rings. The number of piperidine rings is 1. The van der Waals surface area contributed by atoms with Gasteiger partial charge in [-0.05, 0) is 60.2 Å². The van der Waals surface area contributed by atoms with Crippen LogP contribution in [0, 0.1) is 12.8 Å². The number of anilines is 1. The molecule has 1 N–H and O–H groups in total. The predicted molar refractivity (Wildman–Crippen MR) is 209 cm³/mol. The number of methoxy groups -OCH3 is 2. The van der Waals surface area contributed by atoms with Crippen molar-refractivity contribution in [2.75, 3.05) is 105 Å². The van der Waals surface area contributed by atoms with Crippen molar-refractivity contribution in [2.45, 2.75) is 43.5 Å². The summed E-state index contributed by atoms with van der Waals surface area (Å²) < 4.78 is 64.6. The Balaban J connectivity index is 1.30. The molecule has 0 saturated carbocycles. The third-order valence-corrected chi connectivity index (χ3v) is 12.3. The number of hydrogen-bond acceptors (Lipinski definition) is 10. The molecule has 14 heteroatoms. The highest BCUT2D eigenvalue weighted by atomic mass is 32.2. The number of carbonyl (C=O) groups excluding carboxylic acids is 1. The van der Waals surface area contributed by atoms with Gasteiger partial charge in [0.25, 0.3) is 0 Å². The zero-order chi connectivity index (χ0) is 38.6. The molecule has 3 aliphatic rings. The van der Waals surface area contributed by atoms with Crippen molar-refractivity contribution in [1.29, 1.82) is 0 Å². The summed E-state index contributed by atoms with van der Waals surface area (Å²) in [7, 11) is -0.533. The molecule has 3 heterocycles. The van der Waals surface area contributed by atoms with Crippen molar-refractivity contribution in [3.8, 4) is 5.75 Å². The lowest BCUT2D eigenvalue weighted by Gasteiger charge is -2.43. The van der Waals surface area contributed by atoms with Gasteiger partial charge in [0.1, 0.15) is 12.4 Å². The minimum Gasteiger partial charge on any atom is -0.490 e. The molecule has 0 radical (unpaired) electrons. The smallest absolute Gasteiger partial charge is 0.317 e. The van der Waals surface area contributed by atoms with Gasteiger partial charge in [-0.1, -0.05) is 48.0 Å². The van der Waals surface area contributed by atoms with E-state index in [-0.39, 0.29) is 49.0 Å². The first-order chi connectivity index (χ1) is 26.8. The van der Waals surface area contributed by atoms with Crippen LogP contribution in [-0.4, -0.2) is 129 Å². The SMILES string of the molecule is COCCCN1CCOc2ccc(CO[C@H]3CN(S(=O)(=O)c4ccc(C)cc4)C[C@@H](CNC(=O)N4CCOCC4)[C@@H]3c3ccc(COCCOC)cc3)cc21. The third-order valence-electron chi connectivity index (χ3n) is 10.5. The number of hydrogen-bond donors (Lipinski definition) is 1. The maximum Gasteiger partial charge on any atom is 0.317 e. The van der Waals surface area contributed by atoms with E-state index in [4.69, 9.17) is 28.4 Å². The summed E-state index contributed by atoms with van der Waals surface area (Å²) in [5.41, 5.74) is 4.97. The second-order valence-electron chi connectivity index (χ2n) is 14.3. The Bertz CT molecular complexity index is 1770. The Morgan fingerprint density at radius 3 is 2.35 bits per heavy atom. The molecule has 3 aliphatic heterocycles. The molecular weight excluding hydrogens is 725 g/mol. The fraction of sp³-hybridized carbons (Fsp3) is 0.537. The van der Waals surface area contributed by atoms with Gasteiger partial charge in [-0.2, -0.15) is 4.31 Å². The molecule has 0 spiro atoms. The second-order valence-corrected chi connectivity index (χ2v) is 16.3. The van der Waals surface area contributed by atoms with Gasteiger partial charge in [0.05, 0.1) is 62.9 Å². The van der Waals surface area contributed by atoms with Crippen LogP contribution in [0.1, 0.15) is 34.6 Å². The quantitative estimate of drug-likeness (QED) is 0.197. The minimum absolute atomic E-state index is 0.147. The van der Waals surface area contributed by atoms with Crippen molar-refractivity contribution in [2.24, 2.45) is 5.92 Å². The highest BCUT2D eigenvalue weighted by molar-refractivity contribution is 7.89. The van der Waals surface area contributed by atoms with E-state index in [2.05, 4.69) is 28.4 Å². The summed E-state index contributed by atoms with van der Waals surface area (Å²) in [5, 5.41) is 3.14. The Hall–Kier alpha value is -3.76. The largest absolute Gasteiger partial charge is 0.490 e. The van der Waals surface area contributed by atoms with Crippen molar-refractivity contribution >= 4 is 21.7 Å². The summed E-state index contributed by atoms with van der Waals surface area (Å²) in [5.74, 6) is 0.297. The predicted octanol–water partition coefficient (Wildman–Crippen LogP) is 4.42. The van der Waals surface area contributed by atoms with Gasteiger partial charge >= 0.3 is 6.03 Å². The number of benzene rings is 3. The summed E-state index contributed by atoms with van der Waals surface area (Å²) >= 11 is 0. The fourth-order valence-corrected chi connectivity index (χ4v) is 8.98. The highest BCUT2D eigenvalue weighted by Crippen LogP contribution is 2.39. The van der Waals surface area contributed by atoms with Crippen LogP contribution in [-0.2, 0) is 46.9 Å². The van der Waals surface area contributed by atoms with Gasteiger partial charge in [-0.3, -0.25) is 0 Å². The van der Waals surface area contributed by atoms with E-state index in [0.29, 0.717) is 59.3 Å². The Kier molecular flexibility index (Phi) is 14.8. The maximum atomic E-state index is 14.3. The van der Waals surface area contributed by atoms with Crippen LogP contribution in [0.4, 0.5) is 10.5 Å². The molecule has 2 amide bonds. The molecule has 3 atom stereocenters. The lowest BCUT2D eigenvalue weighted by Crippen LogP contribution is -2.55. The second kappa shape index (κ2) is 19.9. The number of carbonyl (C=O) groups is 1. The topological polar surface area (TPSA) is 128 Å². The number of nitrogens with zero attached hydrogens (tertiary/aromatic N) is 3. The van der Waals surface area contributed by atoms with Crippen molar-refractivity contribution in [3.05, 3.63) is 89.0 Å². The van der Waals surface area contributed by atoms with Crippen LogP contribution >= 0.6 is 0 Å². The van der Waals surface area contributed by atoms with E-state index in [1.165, 1.54) is 4.31 Å². The van der Waals surface area contributed by atoms with Crippen molar-refractivity contribution in [3.63, 3.8) is 0 Å². The summed E-state index contributed by atoms with van der Waals surface area (Å²) in [6, 6.07) is 21.1. The molecule has 0 bridgehead atoms. The van der Waals surface area contributed by atoms with Crippen LogP contribution in [0.2, 0.25) is 0 Å². The van der Waals surface area contributed by atoms with Gasteiger partial charge < -0.3 is 43.5 Å². The normalized spacial score (nSPS) is 20.5. The Labute approximate surface area is 325 Å². The molecule has 2 fully saturated rings. The lowest BCUT2D eigenvalue weighted by molar-refractivity contribution is -0.0255. The highest BCUT2D eigenvalue weighted by Gasteiger charge is 2.43. The number of aryl methyl sites for hydroxylation is 1. The molecule has 13 nitrogen and oxygen atoms in total. The van der Waals surface area contributed by atoms with E-state index in [0.717, 1.165) is 53.2 Å². The van der Waals surface area contributed by atoms with Gasteiger partial charge in [0.15, 0.2) is 0 Å². The zero-order valence-electron chi connectivity index (χ0n) is 32.3. The molecule has 300 valence electrons. The molecule has 55 heavy (non-hydrogen) atoms. The fourth-order valence-electron chi connectivity index (χ4n) is 7.47. The number of amides is 2. The van der Waals surface area contributed by atoms with E-state index >= 15 is 0 Å². The first-order valence-electron chi connectivity index (χ1n) is 19.2. The summed E-state index contributed by atoms with van der Waals surface area (Å²) in [6.07, 6.45) is 0.362. The Morgan fingerprint density at radius 1 is 0.855 bits per heavy atom. The minimum atomic E-state index is -3.89. The van der Waals surface area contributed by atoms with E-state index in [1.807, 2.05) is 43.3 Å². The third kappa shape index (κ3) is 10.8. The molecular formula is C41H56N4O9S. The number of ether oxygens (including phenoxy) is 6. The average Bonchev–Trinajstić information content (AvgIpc) is 3.21. The number of morpholine rings is 1. The molecule has 0 aromatic heterocycles. The van der Waals surface area contributed by atoms with E-state index in [9.17, 15) is 13.2 Å². The average molecular weight is 781 g/mol. The summed E-state index contributed by atoms with van der Waals surface area (Å²) in [4.78, 5) is 17.7. The monoisotopic (exact) mass is 780 g/mol. The number of urea groups is 1. The van der Waals surface area contributed by atoms with Gasteiger partial charge in [-0.25, -0.2) is 13.2 Å². The van der Waals surface area contributed by atoms with Gasteiger partial charge in [0.2, 0.25) is 10.0 Å². The molecule has 0 unspecified atom stereocenters. The van der Waals surface area contributed by atoms with E-state index < -0.39 is 16.1 Å². The van der Waals surface area contributed by atoms with Crippen molar-refractivity contribution in [1.82, 2.24) is 14.5 Å².